The van der Waals surface area contributed by atoms with E-state index >= 15 is 0 Å². The van der Waals surface area contributed by atoms with Gasteiger partial charge in [-0.25, -0.2) is 13.1 Å². The lowest BCUT2D eigenvalue weighted by molar-refractivity contribution is 0.494. The third-order valence-corrected chi connectivity index (χ3v) is 5.38. The smallest absolute Gasteiger partial charge is 0.247 e. The van der Waals surface area contributed by atoms with Crippen molar-refractivity contribution in [3.63, 3.8) is 0 Å². The first-order chi connectivity index (χ1) is 12.5. The molecule has 0 bridgehead atoms. The number of aromatic nitrogens is 2. The Balaban J connectivity index is 1.50. The molecule has 0 atom stereocenters. The number of benzene rings is 2. The Morgan fingerprint density at radius 1 is 1.00 bits per heavy atom. The van der Waals surface area contributed by atoms with E-state index in [2.05, 4.69) is 14.9 Å². The molecule has 0 fully saturated rings. The van der Waals surface area contributed by atoms with Crippen LogP contribution in [0.25, 0.3) is 11.5 Å². The van der Waals surface area contributed by atoms with Gasteiger partial charge < -0.3 is 4.42 Å². The Bertz CT molecular complexity index is 941. The van der Waals surface area contributed by atoms with Gasteiger partial charge in [-0.2, -0.15) is 0 Å². The SMILES string of the molecule is O=S(=O)(CCCc1ccccc1)NCc1nnc(-c2ccc(Cl)cc2)o1. The molecule has 0 aliphatic rings. The van der Waals surface area contributed by atoms with Gasteiger partial charge in [0, 0.05) is 10.6 Å². The molecular formula is C18H18ClN3O3S. The predicted octanol–water partition coefficient (Wildman–Crippen LogP) is 3.44. The van der Waals surface area contributed by atoms with E-state index < -0.39 is 10.0 Å². The Hall–Kier alpha value is -2.22. The fraction of sp³-hybridized carbons (Fsp3) is 0.222. The minimum Gasteiger partial charge on any atom is -0.419 e. The molecule has 1 heterocycles. The number of rotatable bonds is 8. The summed E-state index contributed by atoms with van der Waals surface area (Å²) in [5.74, 6) is 0.571. The number of hydrogen-bond donors (Lipinski definition) is 1. The standard InChI is InChI=1S/C18H18ClN3O3S/c19-16-10-8-15(9-11-16)18-22-21-17(25-18)13-20-26(23,24)12-4-7-14-5-2-1-3-6-14/h1-3,5-6,8-11,20H,4,7,12-13H2. The fourth-order valence-corrected chi connectivity index (χ4v) is 3.53. The van der Waals surface area contributed by atoms with Gasteiger partial charge in [0.2, 0.25) is 21.8 Å². The van der Waals surface area contributed by atoms with Crippen LogP contribution in [-0.2, 0) is 23.0 Å². The first-order valence-electron chi connectivity index (χ1n) is 8.11. The van der Waals surface area contributed by atoms with Gasteiger partial charge in [0.15, 0.2) is 0 Å². The number of nitrogens with zero attached hydrogens (tertiary/aromatic N) is 2. The van der Waals surface area contributed by atoms with Crippen molar-refractivity contribution in [2.75, 3.05) is 5.75 Å². The third-order valence-electron chi connectivity index (χ3n) is 3.72. The minimum absolute atomic E-state index is 0.0335. The number of sulfonamides is 1. The molecule has 1 aromatic heterocycles. The first kappa shape index (κ1) is 18.6. The summed E-state index contributed by atoms with van der Waals surface area (Å²) in [6, 6.07) is 16.7. The molecule has 3 aromatic rings. The van der Waals surface area contributed by atoms with Crippen LogP contribution in [0.1, 0.15) is 17.9 Å². The molecule has 0 aliphatic heterocycles. The van der Waals surface area contributed by atoms with E-state index in [0.29, 0.717) is 23.8 Å². The highest BCUT2D eigenvalue weighted by Crippen LogP contribution is 2.20. The molecule has 2 aromatic carbocycles. The average molecular weight is 392 g/mol. The lowest BCUT2D eigenvalue weighted by atomic mass is 10.1. The van der Waals surface area contributed by atoms with Crippen LogP contribution >= 0.6 is 11.6 Å². The molecular weight excluding hydrogens is 374 g/mol. The van der Waals surface area contributed by atoms with Gasteiger partial charge in [-0.05, 0) is 42.7 Å². The molecule has 0 saturated carbocycles. The summed E-state index contributed by atoms with van der Waals surface area (Å²) in [4.78, 5) is 0. The maximum atomic E-state index is 12.1. The van der Waals surface area contributed by atoms with Crippen LogP contribution in [0.2, 0.25) is 5.02 Å². The first-order valence-corrected chi connectivity index (χ1v) is 10.1. The Morgan fingerprint density at radius 3 is 2.46 bits per heavy atom. The van der Waals surface area contributed by atoms with Gasteiger partial charge in [0.1, 0.15) is 0 Å². The van der Waals surface area contributed by atoms with Crippen molar-refractivity contribution >= 4 is 21.6 Å². The maximum Gasteiger partial charge on any atom is 0.247 e. The maximum absolute atomic E-state index is 12.1. The average Bonchev–Trinajstić information content (AvgIpc) is 3.11. The van der Waals surface area contributed by atoms with Gasteiger partial charge in [-0.15, -0.1) is 10.2 Å². The van der Waals surface area contributed by atoms with Gasteiger partial charge in [-0.1, -0.05) is 41.9 Å². The monoisotopic (exact) mass is 391 g/mol. The zero-order valence-electron chi connectivity index (χ0n) is 13.9. The predicted molar refractivity (Wildman–Crippen MR) is 100 cm³/mol. The highest BCUT2D eigenvalue weighted by molar-refractivity contribution is 7.89. The van der Waals surface area contributed by atoms with E-state index in [4.69, 9.17) is 16.0 Å². The second-order valence-corrected chi connectivity index (χ2v) is 8.10. The molecule has 3 rings (SSSR count). The van der Waals surface area contributed by atoms with Crippen molar-refractivity contribution in [1.82, 2.24) is 14.9 Å². The zero-order valence-corrected chi connectivity index (χ0v) is 15.5. The fourth-order valence-electron chi connectivity index (χ4n) is 2.39. The molecule has 1 N–H and O–H groups in total. The summed E-state index contributed by atoms with van der Waals surface area (Å²) >= 11 is 5.84. The van der Waals surface area contributed by atoms with Crippen LogP contribution in [0.15, 0.2) is 59.0 Å². The molecule has 0 radical (unpaired) electrons. The van der Waals surface area contributed by atoms with Crippen molar-refractivity contribution in [2.24, 2.45) is 0 Å². The number of aryl methyl sites for hydroxylation is 1. The highest BCUT2D eigenvalue weighted by atomic mass is 35.5. The topological polar surface area (TPSA) is 85.1 Å². The lowest BCUT2D eigenvalue weighted by Crippen LogP contribution is -2.26. The van der Waals surface area contributed by atoms with Crippen LogP contribution in [0.5, 0.6) is 0 Å². The molecule has 0 aliphatic carbocycles. The van der Waals surface area contributed by atoms with Crippen LogP contribution in [0.3, 0.4) is 0 Å². The molecule has 0 saturated heterocycles. The molecule has 6 nitrogen and oxygen atoms in total. The van der Waals surface area contributed by atoms with E-state index in [1.165, 1.54) is 0 Å². The van der Waals surface area contributed by atoms with E-state index in [0.717, 1.165) is 11.1 Å². The summed E-state index contributed by atoms with van der Waals surface area (Å²) in [6.45, 7) is -0.0335. The second kappa shape index (κ2) is 8.44. The van der Waals surface area contributed by atoms with Gasteiger partial charge in [0.25, 0.3) is 0 Å². The summed E-state index contributed by atoms with van der Waals surface area (Å²) in [6.07, 6.45) is 1.25. The normalized spacial score (nSPS) is 11.6. The van der Waals surface area contributed by atoms with Crippen LogP contribution in [0, 0.1) is 0 Å². The molecule has 0 unspecified atom stereocenters. The largest absolute Gasteiger partial charge is 0.419 e. The summed E-state index contributed by atoms with van der Waals surface area (Å²) in [5.41, 5.74) is 1.84. The van der Waals surface area contributed by atoms with Crippen LogP contribution in [-0.4, -0.2) is 24.4 Å². The Kier molecular flexibility index (Phi) is 6.03. The summed E-state index contributed by atoms with van der Waals surface area (Å²) in [5, 5.41) is 8.40. The minimum atomic E-state index is -3.41. The third kappa shape index (κ3) is 5.39. The second-order valence-electron chi connectivity index (χ2n) is 5.74. The van der Waals surface area contributed by atoms with Crippen molar-refractivity contribution in [3.05, 3.63) is 71.1 Å². The van der Waals surface area contributed by atoms with Gasteiger partial charge in [0.05, 0.1) is 12.3 Å². The van der Waals surface area contributed by atoms with Crippen molar-refractivity contribution in [3.8, 4) is 11.5 Å². The molecule has 0 spiro atoms. The molecule has 136 valence electrons. The van der Waals surface area contributed by atoms with Crippen LogP contribution in [0.4, 0.5) is 0 Å². The molecule has 0 amide bonds. The molecule has 8 heteroatoms. The van der Waals surface area contributed by atoms with Crippen molar-refractivity contribution in [1.29, 1.82) is 0 Å². The van der Waals surface area contributed by atoms with E-state index in [1.54, 1.807) is 24.3 Å². The Labute approximate surface area is 157 Å². The zero-order chi connectivity index (χ0) is 18.4. The van der Waals surface area contributed by atoms with E-state index in [9.17, 15) is 8.42 Å². The van der Waals surface area contributed by atoms with E-state index in [1.807, 2.05) is 30.3 Å². The van der Waals surface area contributed by atoms with Gasteiger partial charge in [-0.3, -0.25) is 0 Å². The number of halogens is 1. The van der Waals surface area contributed by atoms with Crippen molar-refractivity contribution in [2.45, 2.75) is 19.4 Å². The number of nitrogens with one attached hydrogen (secondary N) is 1. The van der Waals surface area contributed by atoms with Crippen molar-refractivity contribution < 1.29 is 12.8 Å². The molecule has 26 heavy (non-hydrogen) atoms. The summed E-state index contributed by atoms with van der Waals surface area (Å²) < 4.78 is 32.2. The summed E-state index contributed by atoms with van der Waals surface area (Å²) in [7, 11) is -3.41. The Morgan fingerprint density at radius 2 is 1.73 bits per heavy atom. The van der Waals surface area contributed by atoms with E-state index in [-0.39, 0.29) is 18.2 Å². The lowest BCUT2D eigenvalue weighted by Gasteiger charge is -2.05. The highest BCUT2D eigenvalue weighted by Gasteiger charge is 2.14. The number of hydrogen-bond acceptors (Lipinski definition) is 5. The van der Waals surface area contributed by atoms with Gasteiger partial charge >= 0.3 is 0 Å². The quantitative estimate of drug-likeness (QED) is 0.635. The van der Waals surface area contributed by atoms with Crippen LogP contribution < -0.4 is 4.72 Å².